The van der Waals surface area contributed by atoms with Gasteiger partial charge in [0.1, 0.15) is 0 Å². The average Bonchev–Trinajstić information content (AvgIpc) is 3.03. The van der Waals surface area contributed by atoms with Crippen molar-refractivity contribution in [1.29, 1.82) is 0 Å². The minimum absolute atomic E-state index is 0. The molecule has 0 aromatic rings. The van der Waals surface area contributed by atoms with Gasteiger partial charge in [-0.3, -0.25) is 9.79 Å². The van der Waals surface area contributed by atoms with E-state index in [2.05, 4.69) is 27.4 Å². The van der Waals surface area contributed by atoms with Gasteiger partial charge in [0.05, 0.1) is 0 Å². The Morgan fingerprint density at radius 3 is 2.54 bits per heavy atom. The van der Waals surface area contributed by atoms with E-state index in [4.69, 9.17) is 0 Å². The summed E-state index contributed by atoms with van der Waals surface area (Å²) in [7, 11) is 1.81. The molecule has 2 aliphatic rings. The predicted octanol–water partition coefficient (Wildman–Crippen LogP) is 1.51. The number of nitrogens with one attached hydrogen (secondary N) is 2. The van der Waals surface area contributed by atoms with Crippen LogP contribution in [0.5, 0.6) is 0 Å². The first-order valence-electron chi connectivity index (χ1n) is 9.09. The highest BCUT2D eigenvalue weighted by atomic mass is 127. The molecule has 1 atom stereocenters. The Bertz CT molecular complexity index is 410. The highest BCUT2D eigenvalue weighted by molar-refractivity contribution is 14.0. The first-order chi connectivity index (χ1) is 11.1. The highest BCUT2D eigenvalue weighted by Crippen LogP contribution is 2.15. The number of amides is 1. The molecule has 2 fully saturated rings. The van der Waals surface area contributed by atoms with Crippen LogP contribution in [0.15, 0.2) is 4.99 Å². The van der Waals surface area contributed by atoms with E-state index in [0.717, 1.165) is 44.5 Å². The fourth-order valence-corrected chi connectivity index (χ4v) is 3.33. The van der Waals surface area contributed by atoms with Crippen molar-refractivity contribution >= 4 is 35.8 Å². The number of nitrogens with zero attached hydrogens (tertiary/aromatic N) is 3. The van der Waals surface area contributed by atoms with Crippen LogP contribution >= 0.6 is 24.0 Å². The Kier molecular flexibility index (Phi) is 9.95. The van der Waals surface area contributed by atoms with Gasteiger partial charge in [0.15, 0.2) is 5.96 Å². The summed E-state index contributed by atoms with van der Waals surface area (Å²) < 4.78 is 0. The van der Waals surface area contributed by atoms with E-state index < -0.39 is 0 Å². The van der Waals surface area contributed by atoms with Crippen LogP contribution in [0.2, 0.25) is 0 Å². The van der Waals surface area contributed by atoms with Gasteiger partial charge in [-0.2, -0.15) is 0 Å². The topological polar surface area (TPSA) is 60.0 Å². The third-order valence-electron chi connectivity index (χ3n) is 5.00. The first kappa shape index (κ1) is 21.5. The lowest BCUT2D eigenvalue weighted by molar-refractivity contribution is -0.129. The van der Waals surface area contributed by atoms with Crippen LogP contribution in [-0.4, -0.2) is 74.0 Å². The van der Waals surface area contributed by atoms with Crippen LogP contribution in [0.4, 0.5) is 0 Å². The van der Waals surface area contributed by atoms with Gasteiger partial charge in [-0.1, -0.05) is 13.8 Å². The minimum atomic E-state index is 0. The zero-order valence-electron chi connectivity index (χ0n) is 15.4. The molecule has 2 heterocycles. The molecule has 24 heavy (non-hydrogen) atoms. The fraction of sp³-hybridized carbons (Fsp3) is 0.882. The van der Waals surface area contributed by atoms with Crippen LogP contribution in [0.1, 0.15) is 39.5 Å². The number of rotatable bonds is 5. The normalized spacial score (nSPS) is 23.0. The van der Waals surface area contributed by atoms with Crippen molar-refractivity contribution in [2.75, 3.05) is 46.3 Å². The Morgan fingerprint density at radius 1 is 1.21 bits per heavy atom. The molecule has 1 amide bonds. The molecule has 6 nitrogen and oxygen atoms in total. The lowest BCUT2D eigenvalue weighted by Crippen LogP contribution is -2.47. The van der Waals surface area contributed by atoms with E-state index >= 15 is 0 Å². The molecule has 0 aliphatic carbocycles. The molecule has 7 heteroatoms. The van der Waals surface area contributed by atoms with Crippen molar-refractivity contribution in [1.82, 2.24) is 20.4 Å². The number of hydrogen-bond donors (Lipinski definition) is 2. The van der Waals surface area contributed by atoms with Gasteiger partial charge in [-0.25, -0.2) is 0 Å². The minimum Gasteiger partial charge on any atom is -0.355 e. The fourth-order valence-electron chi connectivity index (χ4n) is 3.33. The number of guanidine groups is 1. The van der Waals surface area contributed by atoms with E-state index in [9.17, 15) is 4.79 Å². The summed E-state index contributed by atoms with van der Waals surface area (Å²) in [5, 5.41) is 6.85. The molecule has 0 aromatic carbocycles. The quantitative estimate of drug-likeness (QED) is 0.378. The summed E-state index contributed by atoms with van der Waals surface area (Å²) in [6.07, 6.45) is 4.22. The third-order valence-corrected chi connectivity index (χ3v) is 5.00. The van der Waals surface area contributed by atoms with E-state index in [1.54, 1.807) is 0 Å². The summed E-state index contributed by atoms with van der Waals surface area (Å²) in [6, 6.07) is 0.313. The highest BCUT2D eigenvalue weighted by Gasteiger charge is 2.25. The predicted molar refractivity (Wildman–Crippen MR) is 110 cm³/mol. The van der Waals surface area contributed by atoms with Crippen LogP contribution < -0.4 is 10.6 Å². The molecule has 2 aliphatic heterocycles. The number of carbonyl (C=O) groups is 1. The second-order valence-corrected chi connectivity index (χ2v) is 6.85. The van der Waals surface area contributed by atoms with Gasteiger partial charge in [-0.15, -0.1) is 24.0 Å². The molecule has 0 radical (unpaired) electrons. The molecule has 2 rings (SSSR count). The summed E-state index contributed by atoms with van der Waals surface area (Å²) in [5.74, 6) is 1.98. The molecule has 0 bridgehead atoms. The van der Waals surface area contributed by atoms with Crippen molar-refractivity contribution in [3.8, 4) is 0 Å². The van der Waals surface area contributed by atoms with Crippen molar-refractivity contribution in [2.45, 2.75) is 45.6 Å². The standard InChI is InChI=1S/C17H33N5O.HI/c1-4-16(23)22-11-7-15(13-22)20-17(18-3)19-8-12-21-9-5-14(2)6-10-21;/h14-15H,4-13H2,1-3H3,(H2,18,19,20);1H. The summed E-state index contributed by atoms with van der Waals surface area (Å²) >= 11 is 0. The maximum Gasteiger partial charge on any atom is 0.222 e. The Labute approximate surface area is 163 Å². The van der Waals surface area contributed by atoms with E-state index in [1.165, 1.54) is 25.9 Å². The maximum absolute atomic E-state index is 11.7. The molecular weight excluding hydrogens is 417 g/mol. The SMILES string of the molecule is CCC(=O)N1CCC(NC(=NC)NCCN2CCC(C)CC2)C1.I. The number of hydrogen-bond acceptors (Lipinski definition) is 3. The van der Waals surface area contributed by atoms with E-state index in [-0.39, 0.29) is 29.9 Å². The van der Waals surface area contributed by atoms with E-state index in [1.807, 2.05) is 18.9 Å². The number of halogens is 1. The van der Waals surface area contributed by atoms with Gasteiger partial charge >= 0.3 is 0 Å². The summed E-state index contributed by atoms with van der Waals surface area (Å²) in [6.45, 7) is 10.3. The van der Waals surface area contributed by atoms with Gasteiger partial charge in [-0.05, 0) is 38.3 Å². The van der Waals surface area contributed by atoms with E-state index in [0.29, 0.717) is 12.5 Å². The molecule has 2 saturated heterocycles. The van der Waals surface area contributed by atoms with Gasteiger partial charge < -0.3 is 20.4 Å². The second kappa shape index (κ2) is 11.1. The second-order valence-electron chi connectivity index (χ2n) is 6.85. The van der Waals surface area contributed by atoms with Crippen molar-refractivity contribution < 1.29 is 4.79 Å². The lowest BCUT2D eigenvalue weighted by Gasteiger charge is -2.30. The van der Waals surface area contributed by atoms with Gasteiger partial charge in [0.2, 0.25) is 5.91 Å². The molecule has 0 spiro atoms. The first-order valence-corrected chi connectivity index (χ1v) is 9.09. The Morgan fingerprint density at radius 2 is 1.92 bits per heavy atom. The number of aliphatic imine (C=N–C) groups is 1. The molecular formula is C17H34IN5O. The number of piperidine rings is 1. The molecule has 1 unspecified atom stereocenters. The van der Waals surface area contributed by atoms with Crippen LogP contribution in [0, 0.1) is 5.92 Å². The lowest BCUT2D eigenvalue weighted by atomic mass is 9.99. The summed E-state index contributed by atoms with van der Waals surface area (Å²) in [4.78, 5) is 20.5. The maximum atomic E-state index is 11.7. The third kappa shape index (κ3) is 6.74. The van der Waals surface area contributed by atoms with Crippen molar-refractivity contribution in [3.63, 3.8) is 0 Å². The zero-order valence-corrected chi connectivity index (χ0v) is 17.7. The number of carbonyl (C=O) groups excluding carboxylic acids is 1. The molecule has 0 aromatic heterocycles. The largest absolute Gasteiger partial charge is 0.355 e. The van der Waals surface area contributed by atoms with Crippen LogP contribution in [-0.2, 0) is 4.79 Å². The number of likely N-dealkylation sites (tertiary alicyclic amines) is 2. The molecule has 140 valence electrons. The van der Waals surface area contributed by atoms with Crippen LogP contribution in [0.25, 0.3) is 0 Å². The van der Waals surface area contributed by atoms with Crippen LogP contribution in [0.3, 0.4) is 0 Å². The van der Waals surface area contributed by atoms with Gasteiger partial charge in [0.25, 0.3) is 0 Å². The van der Waals surface area contributed by atoms with Crippen molar-refractivity contribution in [3.05, 3.63) is 0 Å². The molecule has 2 N–H and O–H groups in total. The zero-order chi connectivity index (χ0) is 16.7. The molecule has 0 saturated carbocycles. The van der Waals surface area contributed by atoms with Crippen molar-refractivity contribution in [2.24, 2.45) is 10.9 Å². The monoisotopic (exact) mass is 451 g/mol. The smallest absolute Gasteiger partial charge is 0.222 e. The Balaban J connectivity index is 0.00000288. The average molecular weight is 451 g/mol. The van der Waals surface area contributed by atoms with Gasteiger partial charge in [0, 0.05) is 45.7 Å². The summed E-state index contributed by atoms with van der Waals surface area (Å²) in [5.41, 5.74) is 0. The Hall–Kier alpha value is -0.570.